The lowest BCUT2D eigenvalue weighted by Gasteiger charge is -2.16. The fraction of sp³-hybridized carbons (Fsp3) is 0.400. The lowest BCUT2D eigenvalue weighted by Crippen LogP contribution is -2.14. The van der Waals surface area contributed by atoms with Gasteiger partial charge in [0.1, 0.15) is 0 Å². The normalized spacial score (nSPS) is 14.0. The quantitative estimate of drug-likeness (QED) is 0.723. The van der Waals surface area contributed by atoms with E-state index in [1.165, 1.54) is 0 Å². The van der Waals surface area contributed by atoms with Gasteiger partial charge in [-0.25, -0.2) is 0 Å². The Morgan fingerprint density at radius 1 is 1.14 bits per heavy atom. The Kier molecular flexibility index (Phi) is 3.98. The molecule has 0 amide bonds. The molecule has 0 radical (unpaired) electrons. The maximum atomic E-state index is 12.2. The van der Waals surface area contributed by atoms with Crippen LogP contribution >= 0.6 is 15.9 Å². The standard InChI is InChI=1S/C10H10BrF3/c11-7-9(6-10(12,13)14)8-4-2-1-3-5-8/h1-5,9H,6-7H2/t9-/m0/s1. The molecule has 0 bridgehead atoms. The zero-order valence-electron chi connectivity index (χ0n) is 7.39. The fourth-order valence-corrected chi connectivity index (χ4v) is 1.87. The van der Waals surface area contributed by atoms with E-state index in [9.17, 15) is 13.2 Å². The second-order valence-electron chi connectivity index (χ2n) is 3.08. The van der Waals surface area contributed by atoms with Crippen molar-refractivity contribution in [2.45, 2.75) is 18.5 Å². The van der Waals surface area contributed by atoms with E-state index < -0.39 is 18.5 Å². The first kappa shape index (κ1) is 11.6. The first-order valence-electron chi connectivity index (χ1n) is 4.20. The van der Waals surface area contributed by atoms with Crippen LogP contribution in [0.1, 0.15) is 17.9 Å². The van der Waals surface area contributed by atoms with E-state index in [0.717, 1.165) is 5.56 Å². The van der Waals surface area contributed by atoms with Crippen LogP contribution in [0.4, 0.5) is 13.2 Å². The first-order chi connectivity index (χ1) is 6.53. The van der Waals surface area contributed by atoms with Gasteiger partial charge in [-0.1, -0.05) is 46.3 Å². The molecular weight excluding hydrogens is 257 g/mol. The lowest BCUT2D eigenvalue weighted by molar-refractivity contribution is -0.137. The van der Waals surface area contributed by atoms with Gasteiger partial charge in [0.2, 0.25) is 0 Å². The summed E-state index contributed by atoms with van der Waals surface area (Å²) in [6, 6.07) is 8.74. The topological polar surface area (TPSA) is 0 Å². The second-order valence-corrected chi connectivity index (χ2v) is 3.73. The molecule has 0 aliphatic carbocycles. The summed E-state index contributed by atoms with van der Waals surface area (Å²) in [5.41, 5.74) is 0.724. The highest BCUT2D eigenvalue weighted by Gasteiger charge is 2.31. The van der Waals surface area contributed by atoms with Gasteiger partial charge < -0.3 is 0 Å². The van der Waals surface area contributed by atoms with Gasteiger partial charge in [0, 0.05) is 11.2 Å². The minimum Gasteiger partial charge on any atom is -0.171 e. The summed E-state index contributed by atoms with van der Waals surface area (Å²) in [5, 5.41) is 0.330. The highest BCUT2D eigenvalue weighted by atomic mass is 79.9. The van der Waals surface area contributed by atoms with Gasteiger partial charge in [0.05, 0.1) is 6.42 Å². The summed E-state index contributed by atoms with van der Waals surface area (Å²) in [6.07, 6.45) is -4.88. The molecule has 0 saturated carbocycles. The van der Waals surface area contributed by atoms with Crippen LogP contribution in [0.2, 0.25) is 0 Å². The van der Waals surface area contributed by atoms with Crippen molar-refractivity contribution in [3.05, 3.63) is 35.9 Å². The van der Waals surface area contributed by atoms with Gasteiger partial charge >= 0.3 is 6.18 Å². The van der Waals surface area contributed by atoms with Gasteiger partial charge in [-0.3, -0.25) is 0 Å². The van der Waals surface area contributed by atoms with E-state index in [-0.39, 0.29) is 0 Å². The minimum atomic E-state index is -4.10. The molecule has 0 nitrogen and oxygen atoms in total. The SMILES string of the molecule is FC(F)(F)C[C@@H](CBr)c1ccccc1. The molecule has 0 fully saturated rings. The highest BCUT2D eigenvalue weighted by molar-refractivity contribution is 9.09. The average Bonchev–Trinajstić information content (AvgIpc) is 2.14. The number of benzene rings is 1. The van der Waals surface area contributed by atoms with E-state index in [4.69, 9.17) is 0 Å². The Morgan fingerprint density at radius 3 is 2.14 bits per heavy atom. The van der Waals surface area contributed by atoms with Crippen LogP contribution in [0.3, 0.4) is 0 Å². The Balaban J connectivity index is 2.73. The number of hydrogen-bond acceptors (Lipinski definition) is 0. The maximum Gasteiger partial charge on any atom is 0.389 e. The summed E-state index contributed by atoms with van der Waals surface area (Å²) in [4.78, 5) is 0. The van der Waals surface area contributed by atoms with E-state index in [2.05, 4.69) is 15.9 Å². The summed E-state index contributed by atoms with van der Waals surface area (Å²) in [7, 11) is 0. The number of rotatable bonds is 3. The molecule has 1 aromatic carbocycles. The summed E-state index contributed by atoms with van der Waals surface area (Å²) < 4.78 is 36.5. The van der Waals surface area contributed by atoms with Crippen LogP contribution in [0.15, 0.2) is 30.3 Å². The molecule has 1 aromatic rings. The Bertz CT molecular complexity index is 268. The zero-order valence-corrected chi connectivity index (χ0v) is 8.98. The van der Waals surface area contributed by atoms with Gasteiger partial charge in [0.15, 0.2) is 0 Å². The molecule has 0 saturated heterocycles. The van der Waals surface area contributed by atoms with E-state index >= 15 is 0 Å². The lowest BCUT2D eigenvalue weighted by atomic mass is 9.98. The van der Waals surface area contributed by atoms with Gasteiger partial charge in [-0.05, 0) is 5.56 Å². The van der Waals surface area contributed by atoms with Crippen LogP contribution in [0, 0.1) is 0 Å². The average molecular weight is 267 g/mol. The fourth-order valence-electron chi connectivity index (χ4n) is 1.27. The number of alkyl halides is 4. The largest absolute Gasteiger partial charge is 0.389 e. The maximum absolute atomic E-state index is 12.2. The van der Waals surface area contributed by atoms with Crippen molar-refractivity contribution in [3.8, 4) is 0 Å². The molecule has 0 aliphatic rings. The Hall–Kier alpha value is -0.510. The molecule has 78 valence electrons. The van der Waals surface area contributed by atoms with Crippen LogP contribution in [0.5, 0.6) is 0 Å². The Morgan fingerprint density at radius 2 is 1.71 bits per heavy atom. The molecule has 14 heavy (non-hydrogen) atoms. The second kappa shape index (κ2) is 4.82. The zero-order chi connectivity index (χ0) is 10.6. The van der Waals surface area contributed by atoms with Crippen molar-refractivity contribution in [2.75, 3.05) is 5.33 Å². The van der Waals surface area contributed by atoms with Crippen molar-refractivity contribution in [1.29, 1.82) is 0 Å². The smallest absolute Gasteiger partial charge is 0.171 e. The van der Waals surface area contributed by atoms with Gasteiger partial charge in [0.25, 0.3) is 0 Å². The first-order valence-corrected chi connectivity index (χ1v) is 5.33. The minimum absolute atomic E-state index is 0.330. The van der Waals surface area contributed by atoms with Crippen LogP contribution < -0.4 is 0 Å². The monoisotopic (exact) mass is 266 g/mol. The summed E-state index contributed by atoms with van der Waals surface area (Å²) >= 11 is 3.11. The van der Waals surface area contributed by atoms with Gasteiger partial charge in [-0.15, -0.1) is 0 Å². The molecular formula is C10H10BrF3. The van der Waals surface area contributed by atoms with Crippen molar-refractivity contribution in [3.63, 3.8) is 0 Å². The summed E-state index contributed by atoms with van der Waals surface area (Å²) in [6.45, 7) is 0. The van der Waals surface area contributed by atoms with Crippen molar-refractivity contribution >= 4 is 15.9 Å². The molecule has 0 aliphatic heterocycles. The van der Waals surface area contributed by atoms with E-state index in [1.807, 2.05) is 0 Å². The van der Waals surface area contributed by atoms with Crippen molar-refractivity contribution in [1.82, 2.24) is 0 Å². The van der Waals surface area contributed by atoms with Crippen LogP contribution in [0.25, 0.3) is 0 Å². The molecule has 0 unspecified atom stereocenters. The molecule has 4 heteroatoms. The molecule has 1 rings (SSSR count). The third-order valence-electron chi connectivity index (χ3n) is 1.94. The molecule has 0 aromatic heterocycles. The van der Waals surface area contributed by atoms with Crippen LogP contribution in [-0.2, 0) is 0 Å². The van der Waals surface area contributed by atoms with E-state index in [1.54, 1.807) is 30.3 Å². The highest BCUT2D eigenvalue weighted by Crippen LogP contribution is 2.32. The summed E-state index contributed by atoms with van der Waals surface area (Å²) in [5.74, 6) is -0.490. The van der Waals surface area contributed by atoms with Gasteiger partial charge in [-0.2, -0.15) is 13.2 Å². The molecule has 0 N–H and O–H groups in total. The Labute approximate surface area is 89.3 Å². The molecule has 1 atom stereocenters. The number of halogens is 4. The predicted octanol–water partition coefficient (Wildman–Crippen LogP) is 4.12. The van der Waals surface area contributed by atoms with Crippen molar-refractivity contribution < 1.29 is 13.2 Å². The molecule has 0 heterocycles. The van der Waals surface area contributed by atoms with E-state index in [0.29, 0.717) is 5.33 Å². The third kappa shape index (κ3) is 3.70. The van der Waals surface area contributed by atoms with Crippen molar-refractivity contribution in [2.24, 2.45) is 0 Å². The molecule has 0 spiro atoms. The van der Waals surface area contributed by atoms with Crippen LogP contribution in [-0.4, -0.2) is 11.5 Å². The predicted molar refractivity (Wildman–Crippen MR) is 53.6 cm³/mol. The number of hydrogen-bond donors (Lipinski definition) is 0. The third-order valence-corrected chi connectivity index (χ3v) is 2.72.